The molecule has 0 radical (unpaired) electrons. The Morgan fingerprint density at radius 2 is 2.27 bits per heavy atom. The Kier molecular flexibility index (Phi) is 3.06. The second-order valence-corrected chi connectivity index (χ2v) is 3.80. The molecule has 0 N–H and O–H groups in total. The predicted molar refractivity (Wildman–Crippen MR) is 57.3 cm³/mol. The average Bonchev–Trinajstić information content (AvgIpc) is 2.29. The molecule has 0 saturated heterocycles. The van der Waals surface area contributed by atoms with E-state index in [4.69, 9.17) is 0 Å². The summed E-state index contributed by atoms with van der Waals surface area (Å²) in [5, 5.41) is 0. The first-order valence-corrected chi connectivity index (χ1v) is 5.06. The Balaban J connectivity index is 2.20. The van der Waals surface area contributed by atoms with E-state index in [-0.39, 0.29) is 0 Å². The number of carbonyl (C=O) groups excluding carboxylic acids is 1. The molecule has 0 aliphatic carbocycles. The molecule has 1 aliphatic rings. The van der Waals surface area contributed by atoms with Gasteiger partial charge < -0.3 is 0 Å². The molecule has 3 nitrogen and oxygen atoms in total. The number of benzene rings is 1. The van der Waals surface area contributed by atoms with Crippen LogP contribution in [0.4, 0.5) is 0 Å². The van der Waals surface area contributed by atoms with Crippen LogP contribution in [-0.2, 0) is 17.7 Å². The molecule has 1 aliphatic heterocycles. The van der Waals surface area contributed by atoms with E-state index in [2.05, 4.69) is 4.90 Å². The molecule has 1 heterocycles. The Morgan fingerprint density at radius 1 is 1.40 bits per heavy atom. The Hall–Kier alpha value is -1.29. The topological polar surface area (TPSA) is 37.4 Å². The molecule has 0 amide bonds. The van der Waals surface area contributed by atoms with E-state index in [1.807, 2.05) is 18.2 Å². The van der Waals surface area contributed by atoms with Crippen molar-refractivity contribution in [2.45, 2.75) is 13.0 Å². The molecule has 0 aromatic heterocycles. The number of nitrogens with zero attached hydrogens (tertiary/aromatic N) is 1. The molecule has 0 bridgehead atoms. The zero-order valence-electron chi connectivity index (χ0n) is 8.48. The first-order chi connectivity index (χ1) is 7.33. The molecule has 76 valence electrons. The summed E-state index contributed by atoms with van der Waals surface area (Å²) in [6.07, 6.45) is 2.29. The first kappa shape index (κ1) is 10.2. The van der Waals surface area contributed by atoms with E-state index in [1.165, 1.54) is 11.1 Å². The molecular formula is C11H12BNO2. The van der Waals surface area contributed by atoms with Crippen molar-refractivity contribution in [2.75, 3.05) is 13.0 Å². The molecule has 4 heteroatoms. The SMILES string of the molecule is O=BCN1CCc2cc(C=O)ccc2C1. The van der Waals surface area contributed by atoms with Crippen molar-refractivity contribution >= 4 is 13.4 Å². The molecule has 2 rings (SSSR count). The summed E-state index contributed by atoms with van der Waals surface area (Å²) in [6.45, 7) is 1.71. The third-order valence-electron chi connectivity index (χ3n) is 2.79. The van der Waals surface area contributed by atoms with Crippen molar-refractivity contribution in [3.8, 4) is 0 Å². The zero-order valence-corrected chi connectivity index (χ0v) is 8.48. The number of fused-ring (bicyclic) bond motifs is 1. The number of hydrogen-bond donors (Lipinski definition) is 0. The molecule has 0 unspecified atom stereocenters. The van der Waals surface area contributed by atoms with Crippen LogP contribution in [0.2, 0.25) is 0 Å². The monoisotopic (exact) mass is 201 g/mol. The normalized spacial score (nSPS) is 15.5. The van der Waals surface area contributed by atoms with Crippen LogP contribution in [-0.4, -0.2) is 31.3 Å². The van der Waals surface area contributed by atoms with Crippen LogP contribution in [0.1, 0.15) is 21.5 Å². The van der Waals surface area contributed by atoms with Crippen molar-refractivity contribution < 1.29 is 9.50 Å². The van der Waals surface area contributed by atoms with Crippen LogP contribution in [0.25, 0.3) is 0 Å². The van der Waals surface area contributed by atoms with Gasteiger partial charge in [0.2, 0.25) is 0 Å². The van der Waals surface area contributed by atoms with Crippen molar-refractivity contribution in [1.82, 2.24) is 4.90 Å². The molecule has 0 fully saturated rings. The van der Waals surface area contributed by atoms with Gasteiger partial charge in [-0.1, -0.05) is 0 Å². The van der Waals surface area contributed by atoms with Crippen molar-refractivity contribution in [1.29, 1.82) is 0 Å². The van der Waals surface area contributed by atoms with Crippen molar-refractivity contribution in [2.24, 2.45) is 0 Å². The van der Waals surface area contributed by atoms with Gasteiger partial charge in [-0.05, 0) is 0 Å². The number of hydrogen-bond acceptors (Lipinski definition) is 3. The standard InChI is InChI=1S/C11H12BNO2/c14-7-9-1-2-11-6-13(8-12-15)4-3-10(11)5-9/h1-2,5,7H,3-4,6,8H2. The fourth-order valence-electron chi connectivity index (χ4n) is 1.97. The van der Waals surface area contributed by atoms with Gasteiger partial charge in [-0.3, -0.25) is 0 Å². The van der Waals surface area contributed by atoms with E-state index in [0.29, 0.717) is 6.44 Å². The Morgan fingerprint density at radius 3 is 3.00 bits per heavy atom. The van der Waals surface area contributed by atoms with E-state index in [9.17, 15) is 9.50 Å². The maximum atomic E-state index is 10.6. The van der Waals surface area contributed by atoms with Gasteiger partial charge in [0.15, 0.2) is 0 Å². The van der Waals surface area contributed by atoms with Crippen LogP contribution < -0.4 is 0 Å². The quantitative estimate of drug-likeness (QED) is 0.537. The zero-order chi connectivity index (χ0) is 10.7. The van der Waals surface area contributed by atoms with Crippen LogP contribution in [0.15, 0.2) is 18.2 Å². The number of rotatable bonds is 3. The third-order valence-corrected chi connectivity index (χ3v) is 2.79. The number of carbonyl (C=O) groups is 1. The van der Waals surface area contributed by atoms with Gasteiger partial charge in [-0.25, -0.2) is 0 Å². The molecular weight excluding hydrogens is 189 g/mol. The van der Waals surface area contributed by atoms with Gasteiger partial charge in [0.1, 0.15) is 0 Å². The van der Waals surface area contributed by atoms with Crippen LogP contribution in [0, 0.1) is 0 Å². The average molecular weight is 201 g/mol. The summed E-state index contributed by atoms with van der Waals surface area (Å²) < 4.78 is 10.4. The number of aldehydes is 1. The first-order valence-electron chi connectivity index (χ1n) is 5.06. The molecule has 1 aromatic rings. The summed E-state index contributed by atoms with van der Waals surface area (Å²) in [4.78, 5) is 12.7. The predicted octanol–water partition coefficient (Wildman–Crippen LogP) is 0.864. The van der Waals surface area contributed by atoms with Gasteiger partial charge in [0, 0.05) is 0 Å². The molecule has 1 aromatic carbocycles. The van der Waals surface area contributed by atoms with Crippen molar-refractivity contribution in [3.63, 3.8) is 0 Å². The van der Waals surface area contributed by atoms with Gasteiger partial charge in [0.25, 0.3) is 0 Å². The molecule has 0 spiro atoms. The van der Waals surface area contributed by atoms with E-state index < -0.39 is 0 Å². The second-order valence-electron chi connectivity index (χ2n) is 3.80. The maximum absolute atomic E-state index is 10.6. The van der Waals surface area contributed by atoms with Crippen LogP contribution in [0.3, 0.4) is 0 Å². The minimum atomic E-state index is 0.495. The van der Waals surface area contributed by atoms with E-state index >= 15 is 0 Å². The summed E-state index contributed by atoms with van der Waals surface area (Å²) in [6, 6.07) is 5.76. The molecule has 15 heavy (non-hydrogen) atoms. The van der Waals surface area contributed by atoms with Gasteiger partial charge in [-0.2, -0.15) is 0 Å². The summed E-state index contributed by atoms with van der Waals surface area (Å²) >= 11 is 0. The Bertz CT molecular complexity index is 392. The van der Waals surface area contributed by atoms with Gasteiger partial charge in [0.05, 0.1) is 0 Å². The van der Waals surface area contributed by atoms with Crippen molar-refractivity contribution in [3.05, 3.63) is 34.9 Å². The Labute approximate surface area is 89.3 Å². The van der Waals surface area contributed by atoms with Gasteiger partial charge in [-0.15, -0.1) is 0 Å². The van der Waals surface area contributed by atoms with E-state index in [1.54, 1.807) is 0 Å². The van der Waals surface area contributed by atoms with Crippen LogP contribution >= 0.6 is 0 Å². The summed E-state index contributed by atoms with van der Waals surface area (Å²) in [5.41, 5.74) is 3.20. The third kappa shape index (κ3) is 2.21. The fourth-order valence-corrected chi connectivity index (χ4v) is 1.97. The molecule has 0 atom stereocenters. The fraction of sp³-hybridized carbons (Fsp3) is 0.364. The molecule has 0 saturated carbocycles. The van der Waals surface area contributed by atoms with Crippen LogP contribution in [0.5, 0.6) is 0 Å². The second kappa shape index (κ2) is 4.49. The summed E-state index contributed by atoms with van der Waals surface area (Å²) in [5.74, 6) is 0. The van der Waals surface area contributed by atoms with Gasteiger partial charge >= 0.3 is 88.7 Å². The minimum absolute atomic E-state index is 0.495. The summed E-state index contributed by atoms with van der Waals surface area (Å²) in [7, 11) is 0.935. The van der Waals surface area contributed by atoms with E-state index in [0.717, 1.165) is 38.5 Å².